The molecule has 0 spiro atoms. The number of oxime groups is 1. The van der Waals surface area contributed by atoms with Gasteiger partial charge in [0.2, 0.25) is 0 Å². The van der Waals surface area contributed by atoms with Gasteiger partial charge in [0.25, 0.3) is 0 Å². The minimum absolute atomic E-state index is 0.0626. The molecule has 2 aliphatic heterocycles. The number of nitrogens with zero attached hydrogens (tertiary/aromatic N) is 3. The molecule has 0 aliphatic carbocycles. The number of hydrogen-bond acceptors (Lipinski definition) is 6. The van der Waals surface area contributed by atoms with Gasteiger partial charge in [-0.25, -0.2) is 9.38 Å². The number of rotatable bonds is 9. The first-order valence-electron chi connectivity index (χ1n) is 13.2. The zero-order valence-electron chi connectivity index (χ0n) is 22.0. The first-order chi connectivity index (χ1) is 18.7. The average Bonchev–Trinajstić information content (AvgIpc) is 3.35. The molecule has 3 aromatic carbocycles. The Morgan fingerprint density at radius 2 is 1.87 bits per heavy atom. The van der Waals surface area contributed by atoms with Crippen LogP contribution < -0.4 is 4.90 Å². The van der Waals surface area contributed by atoms with Crippen molar-refractivity contribution in [3.8, 4) is 0 Å². The van der Waals surface area contributed by atoms with E-state index in [0.717, 1.165) is 11.3 Å². The number of unbranched alkanes of at least 4 members (excludes halogenated alkanes) is 1. The number of amidine groups is 1. The minimum atomic E-state index is -1.03. The van der Waals surface area contributed by atoms with Crippen LogP contribution in [0.2, 0.25) is 0 Å². The fourth-order valence-corrected chi connectivity index (χ4v) is 5.18. The molecule has 0 fully saturated rings. The highest BCUT2D eigenvalue weighted by atomic mass is 19.1. The highest BCUT2D eigenvalue weighted by molar-refractivity contribution is 6.05. The van der Waals surface area contributed by atoms with Gasteiger partial charge in [-0.3, -0.25) is 9.69 Å². The van der Waals surface area contributed by atoms with Gasteiger partial charge in [0.15, 0.2) is 6.23 Å². The topological polar surface area (TPSA) is 94.7 Å². The maximum Gasteiger partial charge on any atom is 0.303 e. The lowest BCUT2D eigenvalue weighted by atomic mass is 9.81. The van der Waals surface area contributed by atoms with Gasteiger partial charge in [0.05, 0.1) is 11.4 Å². The van der Waals surface area contributed by atoms with Crippen LogP contribution in [0.15, 0.2) is 82.9 Å². The van der Waals surface area contributed by atoms with Gasteiger partial charge in [-0.1, -0.05) is 54.5 Å². The highest BCUT2D eigenvalue weighted by Gasteiger charge is 2.41. The predicted octanol–water partition coefficient (Wildman–Crippen LogP) is 6.70. The van der Waals surface area contributed by atoms with Crippen LogP contribution in [0.25, 0.3) is 0 Å². The molecule has 0 radical (unpaired) electrons. The van der Waals surface area contributed by atoms with E-state index in [1.165, 1.54) is 17.7 Å². The number of fused-ring (bicyclic) bond motifs is 1. The normalized spacial score (nSPS) is 21.0. The second-order valence-corrected chi connectivity index (χ2v) is 10.4. The SMILES string of the molecule is CC(c1ccccc1)C1(C)CC(c2ccc3c(c2)N=C(CCCCC(=O)O)N(c2ccc(F)cc2)C3O)=NO1. The van der Waals surface area contributed by atoms with Crippen molar-refractivity contribution >= 4 is 28.9 Å². The number of carbonyl (C=O) groups is 1. The molecule has 2 heterocycles. The van der Waals surface area contributed by atoms with Crippen molar-refractivity contribution in [2.45, 2.75) is 63.7 Å². The third-order valence-corrected chi connectivity index (χ3v) is 7.66. The van der Waals surface area contributed by atoms with Gasteiger partial charge in [-0.15, -0.1) is 0 Å². The lowest BCUT2D eigenvalue weighted by Crippen LogP contribution is -2.37. The van der Waals surface area contributed by atoms with Crippen molar-refractivity contribution in [3.05, 3.63) is 95.3 Å². The first kappa shape index (κ1) is 26.6. The zero-order chi connectivity index (χ0) is 27.6. The van der Waals surface area contributed by atoms with E-state index in [1.54, 1.807) is 17.0 Å². The number of halogens is 1. The monoisotopic (exact) mass is 529 g/mol. The molecule has 0 saturated carbocycles. The molecule has 3 unspecified atom stereocenters. The Hall–Kier alpha value is -4.04. The third-order valence-electron chi connectivity index (χ3n) is 7.66. The van der Waals surface area contributed by atoms with Gasteiger partial charge < -0.3 is 15.1 Å². The second kappa shape index (κ2) is 11.0. The van der Waals surface area contributed by atoms with Crippen molar-refractivity contribution in [2.75, 3.05) is 4.90 Å². The molecule has 202 valence electrons. The van der Waals surface area contributed by atoms with E-state index in [1.807, 2.05) is 36.4 Å². The first-order valence-corrected chi connectivity index (χ1v) is 13.2. The molecule has 3 atom stereocenters. The van der Waals surface area contributed by atoms with Gasteiger partial charge >= 0.3 is 5.97 Å². The minimum Gasteiger partial charge on any atom is -0.481 e. The summed E-state index contributed by atoms with van der Waals surface area (Å²) in [6.45, 7) is 4.21. The second-order valence-electron chi connectivity index (χ2n) is 10.4. The molecule has 39 heavy (non-hydrogen) atoms. The molecule has 0 amide bonds. The van der Waals surface area contributed by atoms with Crippen molar-refractivity contribution in [1.82, 2.24) is 0 Å². The summed E-state index contributed by atoms with van der Waals surface area (Å²) in [6, 6.07) is 21.8. The Morgan fingerprint density at radius 1 is 1.13 bits per heavy atom. The number of aliphatic hydroxyl groups is 1. The summed E-state index contributed by atoms with van der Waals surface area (Å²) in [7, 11) is 0. The van der Waals surface area contributed by atoms with Gasteiger partial charge in [-0.05, 0) is 55.7 Å². The van der Waals surface area contributed by atoms with Crippen molar-refractivity contribution < 1.29 is 24.2 Å². The maximum atomic E-state index is 13.6. The molecule has 2 aliphatic rings. The fourth-order valence-electron chi connectivity index (χ4n) is 5.18. The Kier molecular flexibility index (Phi) is 7.48. The molecule has 5 rings (SSSR count). The molecule has 3 aromatic rings. The molecular weight excluding hydrogens is 497 g/mol. The Balaban J connectivity index is 1.42. The number of aliphatic hydroxyl groups excluding tert-OH is 1. The van der Waals surface area contributed by atoms with Crippen LogP contribution in [0.1, 0.15) is 74.8 Å². The zero-order valence-corrected chi connectivity index (χ0v) is 22.0. The highest BCUT2D eigenvalue weighted by Crippen LogP contribution is 2.41. The van der Waals surface area contributed by atoms with E-state index < -0.39 is 17.8 Å². The number of carboxylic acids is 1. The van der Waals surface area contributed by atoms with Gasteiger partial charge in [0, 0.05) is 42.0 Å². The summed E-state index contributed by atoms with van der Waals surface area (Å²) in [5.41, 5.74) is 4.23. The summed E-state index contributed by atoms with van der Waals surface area (Å²) < 4.78 is 13.6. The van der Waals surface area contributed by atoms with E-state index in [2.05, 4.69) is 31.1 Å². The Morgan fingerprint density at radius 3 is 2.59 bits per heavy atom. The van der Waals surface area contributed by atoms with Crippen LogP contribution in [0.3, 0.4) is 0 Å². The lowest BCUT2D eigenvalue weighted by molar-refractivity contribution is -0.137. The fraction of sp³-hybridized carbons (Fsp3) is 0.323. The van der Waals surface area contributed by atoms with Crippen LogP contribution in [0.4, 0.5) is 15.8 Å². The number of benzene rings is 3. The van der Waals surface area contributed by atoms with E-state index >= 15 is 0 Å². The quantitative estimate of drug-likeness (QED) is 0.301. The molecule has 0 bridgehead atoms. The largest absolute Gasteiger partial charge is 0.481 e. The van der Waals surface area contributed by atoms with E-state index in [0.29, 0.717) is 48.5 Å². The maximum absolute atomic E-state index is 13.6. The van der Waals surface area contributed by atoms with Crippen molar-refractivity contribution in [1.29, 1.82) is 0 Å². The van der Waals surface area contributed by atoms with Crippen LogP contribution in [0.5, 0.6) is 0 Å². The summed E-state index contributed by atoms with van der Waals surface area (Å²) in [5, 5.41) is 24.9. The number of aliphatic imine (C=N–C) groups is 1. The van der Waals surface area contributed by atoms with Gasteiger partial charge in [0.1, 0.15) is 17.3 Å². The molecular formula is C31H32FN3O4. The molecule has 8 heteroatoms. The number of carboxylic acid groups (broad SMARTS) is 1. The van der Waals surface area contributed by atoms with Crippen LogP contribution in [0, 0.1) is 5.82 Å². The van der Waals surface area contributed by atoms with Crippen LogP contribution >= 0.6 is 0 Å². The average molecular weight is 530 g/mol. The van der Waals surface area contributed by atoms with E-state index in [-0.39, 0.29) is 18.2 Å². The van der Waals surface area contributed by atoms with Crippen LogP contribution in [-0.2, 0) is 9.63 Å². The molecule has 0 saturated heterocycles. The number of aliphatic carboxylic acids is 1. The van der Waals surface area contributed by atoms with Crippen LogP contribution in [-0.4, -0.2) is 33.3 Å². The predicted molar refractivity (Wildman–Crippen MR) is 149 cm³/mol. The van der Waals surface area contributed by atoms with E-state index in [4.69, 9.17) is 14.9 Å². The lowest BCUT2D eigenvalue weighted by Gasteiger charge is -2.35. The van der Waals surface area contributed by atoms with Crippen molar-refractivity contribution in [3.63, 3.8) is 0 Å². The third kappa shape index (κ3) is 5.56. The molecule has 7 nitrogen and oxygen atoms in total. The summed E-state index contributed by atoms with van der Waals surface area (Å²) in [6.07, 6.45) is 1.19. The summed E-state index contributed by atoms with van der Waals surface area (Å²) in [5.74, 6) is -0.502. The molecule has 2 N–H and O–H groups in total. The summed E-state index contributed by atoms with van der Waals surface area (Å²) >= 11 is 0. The van der Waals surface area contributed by atoms with Gasteiger partial charge in [-0.2, -0.15) is 0 Å². The summed E-state index contributed by atoms with van der Waals surface area (Å²) in [4.78, 5) is 23.5. The molecule has 0 aromatic heterocycles. The standard InChI is InChI=1S/C31H32FN3O4/c1-20(21-8-4-3-5-9-21)31(2)19-27(34-39-31)22-12-17-25-26(18-22)33-28(10-6-7-11-29(36)37)35(30(25)38)24-15-13-23(32)14-16-24/h3-5,8-9,12-18,20,30,38H,6-7,10-11,19H2,1-2H3,(H,36,37). The number of hydrogen-bond donors (Lipinski definition) is 2. The Labute approximate surface area is 227 Å². The van der Waals surface area contributed by atoms with E-state index in [9.17, 15) is 14.3 Å². The Bertz CT molecular complexity index is 1410. The van der Waals surface area contributed by atoms with Crippen molar-refractivity contribution in [2.24, 2.45) is 10.1 Å². The smallest absolute Gasteiger partial charge is 0.303 e. The number of anilines is 1.